The highest BCUT2D eigenvalue weighted by atomic mass is 35.5. The molecule has 0 spiro atoms. The molecule has 0 saturated carbocycles. The molecule has 6 rings (SSSR count). The summed E-state index contributed by atoms with van der Waals surface area (Å²) in [7, 11) is 2.16. The maximum Gasteiger partial charge on any atom is 0.279 e. The Morgan fingerprint density at radius 1 is 1.00 bits per heavy atom. The summed E-state index contributed by atoms with van der Waals surface area (Å²) in [5, 5.41) is 13.5. The lowest BCUT2D eigenvalue weighted by Gasteiger charge is -2.51. The Balaban J connectivity index is 1.36. The number of fused-ring (bicyclic) bond motifs is 2. The Bertz CT molecular complexity index is 1480. The molecule has 6 nitrogen and oxygen atoms in total. The molecule has 0 saturated heterocycles. The molecule has 3 aromatic carbocycles. The zero-order valence-electron chi connectivity index (χ0n) is 22.3. The van der Waals surface area contributed by atoms with Crippen LogP contribution in [0.25, 0.3) is 6.08 Å². The number of para-hydroxylation sites is 2. The standard InChI is InChI=1S/C31H32ClN5O/c1-19-23(28(38)37(35-19)29-33-25-8-6-7-9-26(25)34-29)16-20-10-15-27-24(17-20)31(4,18-30(2,3)36(27)5)21-11-13-22(32)14-12-21/h6-17,29,33-34H,18H2,1-5H3. The molecule has 1 unspecified atom stereocenters. The number of hydrogen-bond acceptors (Lipinski definition) is 5. The van der Waals surface area contributed by atoms with Crippen molar-refractivity contribution in [1.29, 1.82) is 0 Å². The second-order valence-electron chi connectivity index (χ2n) is 11.3. The number of nitrogens with one attached hydrogen (secondary N) is 2. The molecule has 2 N–H and O–H groups in total. The fourth-order valence-corrected chi connectivity index (χ4v) is 6.22. The lowest BCUT2D eigenvalue weighted by atomic mass is 9.65. The van der Waals surface area contributed by atoms with Crippen molar-refractivity contribution in [1.82, 2.24) is 5.01 Å². The van der Waals surface area contributed by atoms with Gasteiger partial charge < -0.3 is 15.5 Å². The van der Waals surface area contributed by atoms with Gasteiger partial charge in [-0.15, -0.1) is 0 Å². The SMILES string of the molecule is CC1=NN(C2Nc3ccccc3N2)C(=O)C1=Cc1ccc2c(c1)C(C)(c1ccc(Cl)cc1)CC(C)(C)N2C. The summed E-state index contributed by atoms with van der Waals surface area (Å²) in [4.78, 5) is 15.9. The zero-order chi connectivity index (χ0) is 26.8. The van der Waals surface area contributed by atoms with Crippen molar-refractivity contribution in [3.63, 3.8) is 0 Å². The second kappa shape index (κ2) is 8.63. The summed E-state index contributed by atoms with van der Waals surface area (Å²) in [5.74, 6) is -0.128. The molecule has 1 amide bonds. The Morgan fingerprint density at radius 2 is 1.66 bits per heavy atom. The van der Waals surface area contributed by atoms with Crippen molar-refractivity contribution in [3.8, 4) is 0 Å². The highest BCUT2D eigenvalue weighted by molar-refractivity contribution is 6.30. The third-order valence-corrected chi connectivity index (χ3v) is 8.56. The van der Waals surface area contributed by atoms with Gasteiger partial charge in [0.05, 0.1) is 22.7 Å². The highest BCUT2D eigenvalue weighted by Crippen LogP contribution is 2.50. The smallest absolute Gasteiger partial charge is 0.279 e. The lowest BCUT2D eigenvalue weighted by Crippen LogP contribution is -2.51. The number of carbonyl (C=O) groups excluding carboxylic acids is 1. The molecule has 0 aliphatic carbocycles. The average Bonchev–Trinajstić information content (AvgIpc) is 3.44. The van der Waals surface area contributed by atoms with Crippen LogP contribution in [0.4, 0.5) is 17.1 Å². The van der Waals surface area contributed by atoms with Gasteiger partial charge in [-0.05, 0) is 86.4 Å². The number of rotatable bonds is 3. The topological polar surface area (TPSA) is 60.0 Å². The first-order valence-corrected chi connectivity index (χ1v) is 13.3. The Kier molecular flexibility index (Phi) is 5.58. The second-order valence-corrected chi connectivity index (χ2v) is 11.7. The largest absolute Gasteiger partial charge is 0.369 e. The summed E-state index contributed by atoms with van der Waals surface area (Å²) in [6.07, 6.45) is 2.48. The van der Waals surface area contributed by atoms with E-state index in [1.165, 1.54) is 21.8 Å². The van der Waals surface area contributed by atoms with E-state index >= 15 is 0 Å². The number of hydrogen-bond donors (Lipinski definition) is 2. The van der Waals surface area contributed by atoms with Crippen molar-refractivity contribution in [3.05, 3.63) is 94.0 Å². The molecule has 3 aliphatic heterocycles. The van der Waals surface area contributed by atoms with Crippen molar-refractivity contribution in [2.75, 3.05) is 22.6 Å². The molecular weight excluding hydrogens is 494 g/mol. The predicted molar refractivity (Wildman–Crippen MR) is 157 cm³/mol. The maximum atomic E-state index is 13.5. The molecule has 0 aromatic heterocycles. The van der Waals surface area contributed by atoms with Crippen LogP contribution in [0.3, 0.4) is 0 Å². The van der Waals surface area contributed by atoms with E-state index in [0.717, 1.165) is 28.4 Å². The quantitative estimate of drug-likeness (QED) is 0.374. The summed E-state index contributed by atoms with van der Waals surface area (Å²) in [6, 6.07) is 22.6. The first kappa shape index (κ1) is 24.6. The molecule has 194 valence electrons. The number of amides is 1. The molecular formula is C31H32ClN5O. The highest BCUT2D eigenvalue weighted by Gasteiger charge is 2.44. The van der Waals surface area contributed by atoms with Gasteiger partial charge in [-0.1, -0.05) is 48.9 Å². The fraction of sp³-hybridized carbons (Fsp3) is 0.290. The van der Waals surface area contributed by atoms with E-state index in [-0.39, 0.29) is 16.9 Å². The van der Waals surface area contributed by atoms with Crippen LogP contribution in [-0.4, -0.2) is 35.5 Å². The predicted octanol–water partition coefficient (Wildman–Crippen LogP) is 6.69. The van der Waals surface area contributed by atoms with Crippen LogP contribution in [0.5, 0.6) is 0 Å². The van der Waals surface area contributed by atoms with Gasteiger partial charge in [-0.2, -0.15) is 10.1 Å². The molecule has 38 heavy (non-hydrogen) atoms. The Hall–Kier alpha value is -3.77. The molecule has 0 fully saturated rings. The van der Waals surface area contributed by atoms with E-state index in [0.29, 0.717) is 11.3 Å². The monoisotopic (exact) mass is 525 g/mol. The zero-order valence-corrected chi connectivity index (χ0v) is 23.1. The minimum Gasteiger partial charge on any atom is -0.369 e. The van der Waals surface area contributed by atoms with Gasteiger partial charge in [-0.3, -0.25) is 4.79 Å². The van der Waals surface area contributed by atoms with Gasteiger partial charge in [0.15, 0.2) is 6.29 Å². The number of anilines is 3. The Labute approximate surface area is 229 Å². The first-order valence-electron chi connectivity index (χ1n) is 12.9. The lowest BCUT2D eigenvalue weighted by molar-refractivity contribution is -0.126. The van der Waals surface area contributed by atoms with Crippen molar-refractivity contribution in [2.45, 2.75) is 51.4 Å². The summed E-state index contributed by atoms with van der Waals surface area (Å²) in [5.41, 5.74) is 7.60. The van der Waals surface area contributed by atoms with E-state index < -0.39 is 6.29 Å². The molecule has 0 bridgehead atoms. The van der Waals surface area contributed by atoms with Gasteiger partial charge in [0.25, 0.3) is 5.91 Å². The number of carbonyl (C=O) groups is 1. The molecule has 3 aromatic rings. The number of halogens is 1. The van der Waals surface area contributed by atoms with Crippen LogP contribution in [-0.2, 0) is 10.2 Å². The van der Waals surface area contributed by atoms with Crippen molar-refractivity contribution >= 4 is 46.4 Å². The van der Waals surface area contributed by atoms with Gasteiger partial charge >= 0.3 is 0 Å². The van der Waals surface area contributed by atoms with Gasteiger partial charge in [0.2, 0.25) is 0 Å². The molecule has 3 aliphatic rings. The molecule has 7 heteroatoms. The van der Waals surface area contributed by atoms with E-state index in [1.807, 2.05) is 49.4 Å². The van der Waals surface area contributed by atoms with Gasteiger partial charge in [-0.25, -0.2) is 0 Å². The van der Waals surface area contributed by atoms with Gasteiger partial charge in [0.1, 0.15) is 0 Å². The normalized spacial score (nSPS) is 23.2. The van der Waals surface area contributed by atoms with E-state index in [9.17, 15) is 4.79 Å². The molecule has 0 radical (unpaired) electrons. The van der Waals surface area contributed by atoms with Crippen LogP contribution in [0, 0.1) is 0 Å². The minimum atomic E-state index is -0.423. The third kappa shape index (κ3) is 3.86. The fourth-order valence-electron chi connectivity index (χ4n) is 6.09. The van der Waals surface area contributed by atoms with Crippen LogP contribution < -0.4 is 15.5 Å². The van der Waals surface area contributed by atoms with Gasteiger partial charge in [0, 0.05) is 28.7 Å². The third-order valence-electron chi connectivity index (χ3n) is 8.31. The Morgan fingerprint density at radius 3 is 2.32 bits per heavy atom. The van der Waals surface area contributed by atoms with E-state index in [1.54, 1.807) is 0 Å². The van der Waals surface area contributed by atoms with Crippen LogP contribution in [0.2, 0.25) is 5.02 Å². The average molecular weight is 526 g/mol. The van der Waals surface area contributed by atoms with Crippen molar-refractivity contribution in [2.24, 2.45) is 5.10 Å². The molecule has 3 heterocycles. The first-order chi connectivity index (χ1) is 18.1. The summed E-state index contributed by atoms with van der Waals surface area (Å²) in [6.45, 7) is 8.77. The van der Waals surface area contributed by atoms with Crippen molar-refractivity contribution < 1.29 is 4.79 Å². The summed E-state index contributed by atoms with van der Waals surface area (Å²) >= 11 is 6.24. The maximum absolute atomic E-state index is 13.5. The van der Waals surface area contributed by atoms with Crippen LogP contribution in [0.1, 0.15) is 50.8 Å². The minimum absolute atomic E-state index is 0.0363. The number of benzene rings is 3. The van der Waals surface area contributed by atoms with E-state index in [4.69, 9.17) is 11.6 Å². The summed E-state index contributed by atoms with van der Waals surface area (Å²) < 4.78 is 0. The van der Waals surface area contributed by atoms with Crippen LogP contribution in [0.15, 0.2) is 77.4 Å². The molecule has 1 atom stereocenters. The number of hydrazone groups is 1. The van der Waals surface area contributed by atoms with E-state index in [2.05, 4.69) is 78.8 Å². The number of nitrogens with zero attached hydrogens (tertiary/aromatic N) is 3. The van der Waals surface area contributed by atoms with Crippen LogP contribution >= 0.6 is 11.6 Å².